The molecule has 0 radical (unpaired) electrons. The number of likely N-dealkylation sites (tertiary alicyclic amines) is 1. The van der Waals surface area contributed by atoms with Crippen molar-refractivity contribution in [3.05, 3.63) is 11.8 Å². The number of amides is 2. The maximum absolute atomic E-state index is 13.6. The van der Waals surface area contributed by atoms with Gasteiger partial charge in [0.05, 0.1) is 24.3 Å². The third-order valence-electron chi connectivity index (χ3n) is 7.30. The summed E-state index contributed by atoms with van der Waals surface area (Å²) in [5.74, 6) is 1.72. The van der Waals surface area contributed by atoms with Crippen LogP contribution in [0.2, 0.25) is 0 Å². The number of carbonyl (C=O) groups is 2. The van der Waals surface area contributed by atoms with E-state index in [2.05, 4.69) is 9.80 Å². The van der Waals surface area contributed by atoms with Gasteiger partial charge in [-0.3, -0.25) is 4.79 Å². The molecule has 32 heavy (non-hydrogen) atoms. The van der Waals surface area contributed by atoms with Crippen LogP contribution in [0.3, 0.4) is 0 Å². The van der Waals surface area contributed by atoms with Crippen LogP contribution in [0.15, 0.2) is 6.07 Å². The van der Waals surface area contributed by atoms with E-state index in [0.717, 1.165) is 58.0 Å². The van der Waals surface area contributed by atoms with Crippen molar-refractivity contribution in [2.45, 2.75) is 70.4 Å². The van der Waals surface area contributed by atoms with Gasteiger partial charge in [0.25, 0.3) is 0 Å². The maximum atomic E-state index is 13.6. The van der Waals surface area contributed by atoms with Gasteiger partial charge in [0.2, 0.25) is 5.91 Å². The van der Waals surface area contributed by atoms with E-state index in [-0.39, 0.29) is 18.1 Å². The summed E-state index contributed by atoms with van der Waals surface area (Å²) in [6, 6.07) is 1.90. The molecule has 1 spiro atoms. The molecule has 0 bridgehead atoms. The van der Waals surface area contributed by atoms with Crippen LogP contribution in [0.25, 0.3) is 0 Å². The van der Waals surface area contributed by atoms with Crippen LogP contribution < -0.4 is 20.1 Å². The van der Waals surface area contributed by atoms with E-state index in [9.17, 15) is 14.7 Å². The molecule has 0 aromatic carbocycles. The van der Waals surface area contributed by atoms with Crippen molar-refractivity contribution in [1.29, 1.82) is 0 Å². The lowest BCUT2D eigenvalue weighted by Gasteiger charge is -2.41. The Morgan fingerprint density at radius 2 is 2.00 bits per heavy atom. The molecule has 2 aliphatic heterocycles. The zero-order valence-electron chi connectivity index (χ0n) is 19.0. The van der Waals surface area contributed by atoms with Crippen LogP contribution in [0.5, 0.6) is 11.5 Å². The van der Waals surface area contributed by atoms with Gasteiger partial charge in [0, 0.05) is 31.7 Å². The number of nitrogens with two attached hydrogens (primary N) is 1. The van der Waals surface area contributed by atoms with E-state index >= 15 is 0 Å². The summed E-state index contributed by atoms with van der Waals surface area (Å²) in [6.45, 7) is 4.10. The number of aryl methyl sites for hydroxylation is 1. The Labute approximate surface area is 188 Å². The minimum Gasteiger partial charge on any atom is -0.493 e. The van der Waals surface area contributed by atoms with E-state index in [1.807, 2.05) is 6.92 Å². The molecule has 2 saturated heterocycles. The summed E-state index contributed by atoms with van der Waals surface area (Å²) in [4.78, 5) is 33.8. The number of piperidine rings is 1. The summed E-state index contributed by atoms with van der Waals surface area (Å²) in [7, 11) is 1.56. The van der Waals surface area contributed by atoms with Gasteiger partial charge in [0.1, 0.15) is 0 Å². The van der Waals surface area contributed by atoms with Crippen molar-refractivity contribution in [1.82, 2.24) is 9.88 Å². The summed E-state index contributed by atoms with van der Waals surface area (Å²) >= 11 is 0. The predicted octanol–water partition coefficient (Wildman–Crippen LogP) is 2.23. The fourth-order valence-corrected chi connectivity index (χ4v) is 5.59. The molecule has 1 atom stereocenters. The highest BCUT2D eigenvalue weighted by Gasteiger charge is 2.51. The summed E-state index contributed by atoms with van der Waals surface area (Å²) < 4.78 is 10.7. The van der Waals surface area contributed by atoms with Crippen molar-refractivity contribution in [3.63, 3.8) is 0 Å². The Balaban J connectivity index is 1.56. The van der Waals surface area contributed by atoms with E-state index in [1.165, 1.54) is 0 Å². The average Bonchev–Trinajstić information content (AvgIpc) is 3.09. The second-order valence-corrected chi connectivity index (χ2v) is 9.25. The molecular formula is C23H34N4O5. The number of anilines is 1. The number of nitrogens with zero attached hydrogens (tertiary/aromatic N) is 3. The number of rotatable bonds is 5. The molecule has 9 heteroatoms. The number of ether oxygens (including phenoxy) is 2. The molecule has 3 N–H and O–H groups in total. The minimum absolute atomic E-state index is 0.226. The minimum atomic E-state index is -0.889. The van der Waals surface area contributed by atoms with Crippen LogP contribution in [0.1, 0.15) is 57.6 Å². The van der Waals surface area contributed by atoms with Crippen molar-refractivity contribution in [2.75, 3.05) is 31.6 Å². The molecule has 3 fully saturated rings. The summed E-state index contributed by atoms with van der Waals surface area (Å²) in [6.07, 6.45) is 5.37. The molecular weight excluding hydrogens is 412 g/mol. The number of methoxy groups -OCH3 is 1. The van der Waals surface area contributed by atoms with E-state index < -0.39 is 11.5 Å². The molecule has 4 rings (SSSR count). The van der Waals surface area contributed by atoms with Crippen LogP contribution in [-0.4, -0.2) is 65.9 Å². The number of carbonyl (C=O) groups excluding carboxylic acids is 2. The van der Waals surface area contributed by atoms with Crippen LogP contribution >= 0.6 is 0 Å². The molecule has 1 aliphatic carbocycles. The number of aliphatic hydroxyl groups is 1. The smallest absolute Gasteiger partial charge is 0.410 e. The number of primary amides is 1. The fraction of sp³-hybridized carbons (Fsp3) is 0.696. The SMILES string of the molecule is CCc1nc(N2CCC[C@@]3(CCN(C4CCC(O)CC4)C3=O)C2)c(OC)cc1OC(N)=O. The molecule has 3 aliphatic rings. The zero-order chi connectivity index (χ0) is 22.9. The maximum Gasteiger partial charge on any atom is 0.410 e. The zero-order valence-corrected chi connectivity index (χ0v) is 19.0. The first kappa shape index (κ1) is 22.6. The van der Waals surface area contributed by atoms with Gasteiger partial charge in [-0.25, -0.2) is 9.78 Å². The average molecular weight is 447 g/mol. The third-order valence-corrected chi connectivity index (χ3v) is 7.30. The normalized spacial score (nSPS) is 28.3. The number of aromatic nitrogens is 1. The van der Waals surface area contributed by atoms with Gasteiger partial charge >= 0.3 is 6.09 Å². The highest BCUT2D eigenvalue weighted by Crippen LogP contribution is 2.45. The summed E-state index contributed by atoms with van der Waals surface area (Å²) in [5.41, 5.74) is 5.42. The largest absolute Gasteiger partial charge is 0.493 e. The summed E-state index contributed by atoms with van der Waals surface area (Å²) in [5, 5.41) is 9.84. The van der Waals surface area contributed by atoms with Gasteiger partial charge in [-0.1, -0.05) is 6.92 Å². The van der Waals surface area contributed by atoms with Gasteiger partial charge in [-0.2, -0.15) is 0 Å². The van der Waals surface area contributed by atoms with Crippen LogP contribution in [-0.2, 0) is 11.2 Å². The fourth-order valence-electron chi connectivity index (χ4n) is 5.59. The van der Waals surface area contributed by atoms with Crippen molar-refractivity contribution >= 4 is 17.8 Å². The Hall–Kier alpha value is -2.55. The lowest BCUT2D eigenvalue weighted by atomic mass is 9.78. The quantitative estimate of drug-likeness (QED) is 0.712. The van der Waals surface area contributed by atoms with Gasteiger partial charge in [-0.15, -0.1) is 0 Å². The first-order valence-electron chi connectivity index (χ1n) is 11.7. The second-order valence-electron chi connectivity index (χ2n) is 9.25. The monoisotopic (exact) mass is 446 g/mol. The predicted molar refractivity (Wildman–Crippen MR) is 119 cm³/mol. The van der Waals surface area contributed by atoms with Crippen LogP contribution in [0, 0.1) is 5.41 Å². The number of hydrogen-bond acceptors (Lipinski definition) is 7. The molecule has 1 saturated carbocycles. The van der Waals surface area contributed by atoms with Gasteiger partial charge in [0.15, 0.2) is 17.3 Å². The first-order valence-corrected chi connectivity index (χ1v) is 11.7. The Morgan fingerprint density at radius 3 is 2.66 bits per heavy atom. The molecule has 9 nitrogen and oxygen atoms in total. The highest BCUT2D eigenvalue weighted by atomic mass is 16.5. The lowest BCUT2D eigenvalue weighted by molar-refractivity contribution is -0.139. The van der Waals surface area contributed by atoms with Crippen molar-refractivity contribution in [2.24, 2.45) is 11.1 Å². The molecule has 2 amide bonds. The molecule has 1 aromatic rings. The highest BCUT2D eigenvalue weighted by molar-refractivity contribution is 5.86. The van der Waals surface area contributed by atoms with Gasteiger partial charge in [-0.05, 0) is 51.4 Å². The van der Waals surface area contributed by atoms with Crippen molar-refractivity contribution in [3.8, 4) is 11.5 Å². The van der Waals surface area contributed by atoms with Crippen molar-refractivity contribution < 1.29 is 24.2 Å². The topological polar surface area (TPSA) is 118 Å². The number of pyridine rings is 1. The number of aliphatic hydroxyl groups excluding tert-OH is 1. The van der Waals surface area contributed by atoms with E-state index in [1.54, 1.807) is 13.2 Å². The molecule has 176 valence electrons. The van der Waals surface area contributed by atoms with E-state index in [0.29, 0.717) is 36.0 Å². The van der Waals surface area contributed by atoms with Crippen LogP contribution in [0.4, 0.5) is 10.6 Å². The number of hydrogen-bond donors (Lipinski definition) is 2. The van der Waals surface area contributed by atoms with E-state index in [4.69, 9.17) is 20.2 Å². The standard InChI is InChI=1S/C23H34N4O5/c1-3-17-18(32-22(24)30)13-19(31-2)20(25-17)26-11-4-9-23(14-26)10-12-27(21(23)29)15-5-7-16(28)8-6-15/h13,15-16,28H,3-12,14H2,1-2H3,(H2,24,30)/t15?,16?,23-/m1/s1. The molecule has 1 aromatic heterocycles. The molecule has 3 heterocycles. The van der Waals surface area contributed by atoms with Gasteiger partial charge < -0.3 is 30.1 Å². The third kappa shape index (κ3) is 4.22. The lowest BCUT2D eigenvalue weighted by Crippen LogP contribution is -2.50. The molecule has 0 unspecified atom stereocenters. The first-order chi connectivity index (χ1) is 15.4. The Kier molecular flexibility index (Phi) is 6.46. The Morgan fingerprint density at radius 1 is 1.25 bits per heavy atom. The second kappa shape index (κ2) is 9.13. The Bertz CT molecular complexity index is 870.